The van der Waals surface area contributed by atoms with Gasteiger partial charge in [-0.1, -0.05) is 13.3 Å². The number of nitrogens with two attached hydrogens (primary N) is 1. The van der Waals surface area contributed by atoms with Crippen molar-refractivity contribution in [2.45, 2.75) is 19.8 Å². The van der Waals surface area contributed by atoms with E-state index in [4.69, 9.17) is 5.73 Å². The van der Waals surface area contributed by atoms with E-state index in [1.54, 1.807) is 0 Å². The van der Waals surface area contributed by atoms with Crippen LogP contribution in [0.3, 0.4) is 0 Å². The van der Waals surface area contributed by atoms with E-state index in [2.05, 4.69) is 0 Å². The Morgan fingerprint density at radius 2 is 2.10 bits per heavy atom. The quantitative estimate of drug-likeness (QED) is 0.573. The highest BCUT2D eigenvalue weighted by Gasteiger charge is 2.25. The second-order valence-electron chi connectivity index (χ2n) is 4.51. The summed E-state index contributed by atoms with van der Waals surface area (Å²) in [6.07, 6.45) is 1.41. The number of benzene rings is 1. The largest absolute Gasteiger partial charge is 0.508 e. The molecule has 0 aliphatic heterocycles. The number of nitrogens with zero attached hydrogens (tertiary/aromatic N) is 2. The van der Waals surface area contributed by atoms with Gasteiger partial charge in [-0.25, -0.2) is 0 Å². The van der Waals surface area contributed by atoms with Crippen molar-refractivity contribution in [3.63, 3.8) is 0 Å². The number of carbonyl (C=O) groups excluding carboxylic acids is 2. The second kappa shape index (κ2) is 7.22. The normalized spacial score (nSPS) is 10.1. The van der Waals surface area contributed by atoms with Crippen LogP contribution in [0.5, 0.6) is 5.75 Å². The van der Waals surface area contributed by atoms with Crippen LogP contribution in [0.1, 0.15) is 30.1 Å². The summed E-state index contributed by atoms with van der Waals surface area (Å²) in [5, 5.41) is 20.4. The number of nitro benzene ring substituents is 1. The molecule has 0 bridgehead atoms. The van der Waals surface area contributed by atoms with Crippen molar-refractivity contribution in [3.8, 4) is 5.75 Å². The van der Waals surface area contributed by atoms with Gasteiger partial charge < -0.3 is 15.7 Å². The zero-order chi connectivity index (χ0) is 16.0. The minimum Gasteiger partial charge on any atom is -0.508 e. The van der Waals surface area contributed by atoms with Gasteiger partial charge in [0.25, 0.3) is 11.6 Å². The number of aromatic hydroxyl groups is 1. The van der Waals surface area contributed by atoms with E-state index in [0.29, 0.717) is 6.42 Å². The van der Waals surface area contributed by atoms with E-state index in [0.717, 1.165) is 29.5 Å². The highest BCUT2D eigenvalue weighted by atomic mass is 16.6. The van der Waals surface area contributed by atoms with Crippen LogP contribution in [0, 0.1) is 10.1 Å². The molecule has 0 aliphatic carbocycles. The Balaban J connectivity index is 3.15. The fraction of sp³-hybridized carbons (Fsp3) is 0.385. The first kappa shape index (κ1) is 16.4. The predicted molar refractivity (Wildman–Crippen MR) is 74.8 cm³/mol. The Morgan fingerprint density at radius 3 is 2.62 bits per heavy atom. The summed E-state index contributed by atoms with van der Waals surface area (Å²) < 4.78 is 0. The summed E-state index contributed by atoms with van der Waals surface area (Å²) >= 11 is 0. The van der Waals surface area contributed by atoms with E-state index >= 15 is 0 Å². The number of nitro groups is 1. The van der Waals surface area contributed by atoms with E-state index in [9.17, 15) is 24.8 Å². The van der Waals surface area contributed by atoms with E-state index in [-0.39, 0.29) is 24.4 Å². The van der Waals surface area contributed by atoms with Gasteiger partial charge in [0.1, 0.15) is 11.3 Å². The van der Waals surface area contributed by atoms with Gasteiger partial charge >= 0.3 is 0 Å². The number of primary amides is 1. The average Bonchev–Trinajstić information content (AvgIpc) is 2.41. The van der Waals surface area contributed by atoms with Gasteiger partial charge in [-0.05, 0) is 18.6 Å². The third-order valence-electron chi connectivity index (χ3n) is 2.82. The number of rotatable bonds is 7. The molecule has 0 aromatic heterocycles. The van der Waals surface area contributed by atoms with Crippen molar-refractivity contribution < 1.29 is 19.6 Å². The first-order valence-electron chi connectivity index (χ1n) is 6.41. The van der Waals surface area contributed by atoms with Gasteiger partial charge in [0.05, 0.1) is 11.5 Å². The third-order valence-corrected chi connectivity index (χ3v) is 2.82. The zero-order valence-corrected chi connectivity index (χ0v) is 11.6. The molecule has 0 heterocycles. The molecule has 1 aromatic rings. The van der Waals surface area contributed by atoms with E-state index in [1.807, 2.05) is 6.92 Å². The monoisotopic (exact) mass is 295 g/mol. The molecule has 8 nitrogen and oxygen atoms in total. The summed E-state index contributed by atoms with van der Waals surface area (Å²) in [6, 6.07) is 3.19. The summed E-state index contributed by atoms with van der Waals surface area (Å²) in [5.41, 5.74) is 4.40. The first-order valence-corrected chi connectivity index (χ1v) is 6.41. The van der Waals surface area contributed by atoms with Crippen molar-refractivity contribution in [1.82, 2.24) is 4.90 Å². The van der Waals surface area contributed by atoms with E-state index in [1.165, 1.54) is 0 Å². The fourth-order valence-corrected chi connectivity index (χ4v) is 1.81. The van der Waals surface area contributed by atoms with Gasteiger partial charge in [-0.15, -0.1) is 0 Å². The van der Waals surface area contributed by atoms with Crippen molar-refractivity contribution in [2.75, 3.05) is 13.1 Å². The zero-order valence-electron chi connectivity index (χ0n) is 11.6. The number of hydrogen-bond donors (Lipinski definition) is 2. The van der Waals surface area contributed by atoms with Gasteiger partial charge in [-0.3, -0.25) is 19.7 Å². The number of phenolic OH excluding ortho intramolecular Hbond substituents is 1. The summed E-state index contributed by atoms with van der Waals surface area (Å²) in [5.74, 6) is -1.68. The number of hydrogen-bond acceptors (Lipinski definition) is 5. The molecule has 0 fully saturated rings. The topological polar surface area (TPSA) is 127 Å². The highest BCUT2D eigenvalue weighted by Crippen LogP contribution is 2.24. The van der Waals surface area contributed by atoms with Crippen molar-refractivity contribution >= 4 is 17.5 Å². The molecule has 114 valence electrons. The summed E-state index contributed by atoms with van der Waals surface area (Å²) in [7, 11) is 0. The van der Waals surface area contributed by atoms with Crippen LogP contribution in [0.4, 0.5) is 5.69 Å². The minimum absolute atomic E-state index is 0.255. The Kier molecular flexibility index (Phi) is 5.65. The lowest BCUT2D eigenvalue weighted by Gasteiger charge is -2.20. The molecular weight excluding hydrogens is 278 g/mol. The molecule has 21 heavy (non-hydrogen) atoms. The Labute approximate surface area is 121 Å². The molecule has 0 saturated heterocycles. The van der Waals surface area contributed by atoms with Crippen molar-refractivity contribution in [1.29, 1.82) is 0 Å². The van der Waals surface area contributed by atoms with Crippen molar-refractivity contribution in [3.05, 3.63) is 33.9 Å². The van der Waals surface area contributed by atoms with Crippen molar-refractivity contribution in [2.24, 2.45) is 5.73 Å². The summed E-state index contributed by atoms with van der Waals surface area (Å²) in [4.78, 5) is 34.8. The number of phenols is 1. The van der Waals surface area contributed by atoms with Gasteiger partial charge in [0.15, 0.2) is 0 Å². The van der Waals surface area contributed by atoms with E-state index < -0.39 is 22.4 Å². The van der Waals surface area contributed by atoms with Gasteiger partial charge in [-0.2, -0.15) is 0 Å². The molecular formula is C13H17N3O5. The Bertz CT molecular complexity index is 559. The molecule has 2 amide bonds. The highest BCUT2D eigenvalue weighted by molar-refractivity contribution is 6.00. The maximum absolute atomic E-state index is 12.4. The van der Waals surface area contributed by atoms with Crippen LogP contribution in [-0.2, 0) is 4.79 Å². The molecule has 0 spiro atoms. The lowest BCUT2D eigenvalue weighted by molar-refractivity contribution is -0.385. The van der Waals surface area contributed by atoms with Crippen LogP contribution < -0.4 is 5.73 Å². The Morgan fingerprint density at radius 1 is 1.43 bits per heavy atom. The molecule has 8 heteroatoms. The third kappa shape index (κ3) is 4.44. The molecule has 0 atom stereocenters. The van der Waals surface area contributed by atoms with Crippen LogP contribution in [0.2, 0.25) is 0 Å². The molecule has 0 unspecified atom stereocenters. The SMILES string of the molecule is CCCCN(CC(N)=O)C(=O)c1cc(O)ccc1[N+](=O)[O-]. The Hall–Kier alpha value is -2.64. The molecule has 1 aromatic carbocycles. The molecule has 1 rings (SSSR count). The van der Waals surface area contributed by atoms with Crippen LogP contribution >= 0.6 is 0 Å². The first-order chi connectivity index (χ1) is 9.86. The fourth-order valence-electron chi connectivity index (χ4n) is 1.81. The standard InChI is InChI=1S/C13H17N3O5/c1-2-3-6-15(8-12(14)18)13(19)10-7-9(17)4-5-11(10)16(20)21/h4-5,7,17H,2-3,6,8H2,1H3,(H2,14,18). The smallest absolute Gasteiger partial charge is 0.282 e. The number of carbonyl (C=O) groups is 2. The molecule has 0 aliphatic rings. The average molecular weight is 295 g/mol. The number of unbranched alkanes of at least 4 members (excludes halogenated alkanes) is 1. The predicted octanol–water partition coefficient (Wildman–Crippen LogP) is 1.03. The van der Waals surface area contributed by atoms with Gasteiger partial charge in [0.2, 0.25) is 5.91 Å². The van der Waals surface area contributed by atoms with Crippen LogP contribution in [0.15, 0.2) is 18.2 Å². The minimum atomic E-state index is -0.713. The lowest BCUT2D eigenvalue weighted by Crippen LogP contribution is -2.39. The van der Waals surface area contributed by atoms with Crippen LogP contribution in [-0.4, -0.2) is 39.8 Å². The maximum Gasteiger partial charge on any atom is 0.282 e. The molecule has 0 radical (unpaired) electrons. The molecule has 0 saturated carbocycles. The second-order valence-corrected chi connectivity index (χ2v) is 4.51. The number of amides is 2. The van der Waals surface area contributed by atoms with Gasteiger partial charge in [0, 0.05) is 12.6 Å². The lowest BCUT2D eigenvalue weighted by atomic mass is 10.1. The maximum atomic E-state index is 12.4. The summed E-state index contributed by atoms with van der Waals surface area (Å²) in [6.45, 7) is 1.83. The molecule has 3 N–H and O–H groups in total. The van der Waals surface area contributed by atoms with Crippen LogP contribution in [0.25, 0.3) is 0 Å².